The van der Waals surface area contributed by atoms with E-state index in [-0.39, 0.29) is 11.8 Å². The summed E-state index contributed by atoms with van der Waals surface area (Å²) in [5.74, 6) is 0.957. The number of benzene rings is 1. The van der Waals surface area contributed by atoms with Gasteiger partial charge in [-0.3, -0.25) is 14.6 Å². The van der Waals surface area contributed by atoms with Crippen LogP contribution in [0.15, 0.2) is 42.7 Å². The van der Waals surface area contributed by atoms with Crippen molar-refractivity contribution < 1.29 is 9.53 Å². The third-order valence-corrected chi connectivity index (χ3v) is 5.27. The highest BCUT2D eigenvalue weighted by Crippen LogP contribution is 2.27. The number of hydrogen-bond donors (Lipinski definition) is 1. The molecule has 2 aromatic heterocycles. The number of aryl methyl sites for hydroxylation is 1. The van der Waals surface area contributed by atoms with E-state index in [1.54, 1.807) is 17.1 Å². The molecule has 0 saturated carbocycles. The topological polar surface area (TPSA) is 76.0 Å². The normalized spacial score (nSPS) is 16.5. The third kappa shape index (κ3) is 4.04. The van der Waals surface area contributed by atoms with Crippen molar-refractivity contribution in [2.24, 2.45) is 7.05 Å². The minimum absolute atomic E-state index is 0.0273. The van der Waals surface area contributed by atoms with Crippen molar-refractivity contribution in [3.63, 3.8) is 0 Å². The predicted molar refractivity (Wildman–Crippen MR) is 106 cm³/mol. The number of carbonyl (C=O) groups is 1. The lowest BCUT2D eigenvalue weighted by molar-refractivity contribution is 0.0790. The maximum atomic E-state index is 12.6. The molecular formula is C20H22ClN5O2. The van der Waals surface area contributed by atoms with Crippen LogP contribution in [-0.4, -0.2) is 50.5 Å². The summed E-state index contributed by atoms with van der Waals surface area (Å²) in [5, 5.41) is 12.2. The van der Waals surface area contributed by atoms with Crippen molar-refractivity contribution in [1.29, 1.82) is 0 Å². The lowest BCUT2D eigenvalue weighted by Crippen LogP contribution is -2.28. The standard InChI is InChI=1S/C20H22ClN5O2/c1-25-12-15(11-22-25)20(27)26-8-6-14(13-26)18-10-16(23-24-18)7-9-28-19-5-3-2-4-17(19)21/h2-5,10-12,14H,6-9,13H2,1H3,(H,23,24)/t14-/m1/s1. The van der Waals surface area contributed by atoms with Gasteiger partial charge in [-0.1, -0.05) is 23.7 Å². The average Bonchev–Trinajstić information content (AvgIpc) is 3.43. The Morgan fingerprint density at radius 1 is 1.39 bits per heavy atom. The van der Waals surface area contributed by atoms with Crippen molar-refractivity contribution in [3.8, 4) is 5.75 Å². The molecule has 0 aliphatic carbocycles. The van der Waals surface area contributed by atoms with Gasteiger partial charge in [0.1, 0.15) is 5.75 Å². The van der Waals surface area contributed by atoms with Gasteiger partial charge in [0.05, 0.1) is 29.1 Å². The van der Waals surface area contributed by atoms with Gasteiger partial charge in [-0.15, -0.1) is 0 Å². The lowest BCUT2D eigenvalue weighted by Gasteiger charge is -2.14. The fourth-order valence-electron chi connectivity index (χ4n) is 3.45. The molecule has 8 heteroatoms. The Kier molecular flexibility index (Phi) is 5.34. The molecule has 3 aromatic rings. The summed E-state index contributed by atoms with van der Waals surface area (Å²) >= 11 is 6.10. The average molecular weight is 400 g/mol. The summed E-state index contributed by atoms with van der Waals surface area (Å²) < 4.78 is 7.38. The Morgan fingerprint density at radius 2 is 2.25 bits per heavy atom. The fourth-order valence-corrected chi connectivity index (χ4v) is 3.64. The number of amides is 1. The van der Waals surface area contributed by atoms with E-state index < -0.39 is 0 Å². The van der Waals surface area contributed by atoms with E-state index in [2.05, 4.69) is 21.4 Å². The predicted octanol–water partition coefficient (Wildman–Crippen LogP) is 3.05. The first-order valence-corrected chi connectivity index (χ1v) is 9.67. The minimum Gasteiger partial charge on any atom is -0.492 e. The molecule has 1 amide bonds. The summed E-state index contributed by atoms with van der Waals surface area (Å²) in [7, 11) is 1.81. The van der Waals surface area contributed by atoms with Crippen molar-refractivity contribution >= 4 is 17.5 Å². The molecule has 1 N–H and O–H groups in total. The minimum atomic E-state index is 0.0273. The molecule has 0 bridgehead atoms. The number of aromatic amines is 1. The molecular weight excluding hydrogens is 378 g/mol. The highest BCUT2D eigenvalue weighted by molar-refractivity contribution is 6.32. The monoisotopic (exact) mass is 399 g/mol. The number of hydrogen-bond acceptors (Lipinski definition) is 4. The summed E-state index contributed by atoms with van der Waals surface area (Å²) in [6, 6.07) is 9.50. The van der Waals surface area contributed by atoms with Gasteiger partial charge in [-0.25, -0.2) is 0 Å². The van der Waals surface area contributed by atoms with Crippen LogP contribution >= 0.6 is 11.6 Å². The molecule has 1 fully saturated rings. The quantitative estimate of drug-likeness (QED) is 0.691. The smallest absolute Gasteiger partial charge is 0.257 e. The maximum Gasteiger partial charge on any atom is 0.257 e. The van der Waals surface area contributed by atoms with Crippen LogP contribution < -0.4 is 4.74 Å². The first-order chi connectivity index (χ1) is 13.6. The summed E-state index contributed by atoms with van der Waals surface area (Å²) in [5.41, 5.74) is 2.64. The molecule has 1 aromatic carbocycles. The van der Waals surface area contributed by atoms with E-state index in [0.29, 0.717) is 35.9 Å². The van der Waals surface area contributed by atoms with Crippen molar-refractivity contribution in [2.45, 2.75) is 18.8 Å². The molecule has 4 rings (SSSR count). The van der Waals surface area contributed by atoms with Crippen molar-refractivity contribution in [3.05, 3.63) is 64.7 Å². The Labute approximate surface area is 168 Å². The highest BCUT2D eigenvalue weighted by Gasteiger charge is 2.29. The van der Waals surface area contributed by atoms with Crippen LogP contribution in [0.2, 0.25) is 5.02 Å². The van der Waals surface area contributed by atoms with Gasteiger partial charge in [0, 0.05) is 44.4 Å². The van der Waals surface area contributed by atoms with Crippen LogP contribution in [0.1, 0.15) is 34.1 Å². The third-order valence-electron chi connectivity index (χ3n) is 4.96. The van der Waals surface area contributed by atoms with Gasteiger partial charge in [-0.05, 0) is 24.6 Å². The van der Waals surface area contributed by atoms with Crippen molar-refractivity contribution in [2.75, 3.05) is 19.7 Å². The molecule has 0 unspecified atom stereocenters. The van der Waals surface area contributed by atoms with Gasteiger partial charge in [-0.2, -0.15) is 10.2 Å². The van der Waals surface area contributed by atoms with E-state index in [4.69, 9.17) is 16.3 Å². The molecule has 3 heterocycles. The number of carbonyl (C=O) groups excluding carboxylic acids is 1. The number of nitrogens with one attached hydrogen (secondary N) is 1. The van der Waals surface area contributed by atoms with Gasteiger partial charge in [0.2, 0.25) is 0 Å². The number of halogens is 1. The van der Waals surface area contributed by atoms with Gasteiger partial charge in [0.25, 0.3) is 5.91 Å². The number of likely N-dealkylation sites (tertiary alicyclic amines) is 1. The van der Waals surface area contributed by atoms with E-state index in [1.807, 2.05) is 36.2 Å². The summed E-state index contributed by atoms with van der Waals surface area (Å²) in [6.45, 7) is 1.92. The molecule has 146 valence electrons. The second kappa shape index (κ2) is 8.06. The number of para-hydroxylation sites is 1. The first kappa shape index (κ1) is 18.6. The highest BCUT2D eigenvalue weighted by atomic mass is 35.5. The van der Waals surface area contributed by atoms with Crippen LogP contribution in [-0.2, 0) is 13.5 Å². The molecule has 1 atom stereocenters. The van der Waals surface area contributed by atoms with E-state index in [9.17, 15) is 4.79 Å². The SMILES string of the molecule is Cn1cc(C(=O)N2CC[C@@H](c3cc(CCOc4ccccc4Cl)[nH]n3)C2)cn1. The molecule has 0 spiro atoms. The summed E-state index contributed by atoms with van der Waals surface area (Å²) in [4.78, 5) is 14.4. The largest absolute Gasteiger partial charge is 0.492 e. The number of rotatable bonds is 6. The van der Waals surface area contributed by atoms with Crippen LogP contribution in [0.25, 0.3) is 0 Å². The maximum absolute atomic E-state index is 12.6. The zero-order valence-electron chi connectivity index (χ0n) is 15.6. The molecule has 1 aliphatic heterocycles. The Balaban J connectivity index is 1.31. The fraction of sp³-hybridized carbons (Fsp3) is 0.350. The Bertz CT molecular complexity index is 967. The van der Waals surface area contributed by atoms with Crippen LogP contribution in [0.3, 0.4) is 0 Å². The van der Waals surface area contributed by atoms with Gasteiger partial charge < -0.3 is 9.64 Å². The second-order valence-electron chi connectivity index (χ2n) is 6.99. The number of nitrogens with zero attached hydrogens (tertiary/aromatic N) is 4. The molecule has 7 nitrogen and oxygen atoms in total. The van der Waals surface area contributed by atoms with E-state index in [0.717, 1.165) is 24.4 Å². The molecule has 28 heavy (non-hydrogen) atoms. The second-order valence-corrected chi connectivity index (χ2v) is 7.39. The zero-order chi connectivity index (χ0) is 19.5. The van der Waals surface area contributed by atoms with Gasteiger partial charge >= 0.3 is 0 Å². The summed E-state index contributed by atoms with van der Waals surface area (Å²) in [6.07, 6.45) is 4.98. The molecule has 0 radical (unpaired) electrons. The Hall–Kier alpha value is -2.80. The number of aromatic nitrogens is 4. The van der Waals surface area contributed by atoms with Crippen LogP contribution in [0.4, 0.5) is 0 Å². The van der Waals surface area contributed by atoms with Crippen LogP contribution in [0.5, 0.6) is 5.75 Å². The molecule has 1 saturated heterocycles. The van der Waals surface area contributed by atoms with E-state index in [1.165, 1.54) is 0 Å². The van der Waals surface area contributed by atoms with E-state index >= 15 is 0 Å². The first-order valence-electron chi connectivity index (χ1n) is 9.29. The molecule has 1 aliphatic rings. The number of ether oxygens (including phenoxy) is 1. The van der Waals surface area contributed by atoms with Crippen LogP contribution in [0, 0.1) is 0 Å². The lowest BCUT2D eigenvalue weighted by atomic mass is 10.0. The van der Waals surface area contributed by atoms with Crippen molar-refractivity contribution in [1.82, 2.24) is 24.9 Å². The Morgan fingerprint density at radius 3 is 3.04 bits per heavy atom. The number of H-pyrrole nitrogens is 1. The van der Waals surface area contributed by atoms with Gasteiger partial charge in [0.15, 0.2) is 0 Å². The zero-order valence-corrected chi connectivity index (χ0v) is 16.4.